The number of aromatic nitrogens is 1. The van der Waals surface area contributed by atoms with Crippen molar-refractivity contribution in [2.45, 2.75) is 37.6 Å². The van der Waals surface area contributed by atoms with Crippen LogP contribution in [0.2, 0.25) is 0 Å². The molecule has 0 fully saturated rings. The number of pyridine rings is 1. The van der Waals surface area contributed by atoms with E-state index in [1.54, 1.807) is 7.05 Å². The summed E-state index contributed by atoms with van der Waals surface area (Å²) in [5.74, 6) is -1.43. The molecule has 26 heavy (non-hydrogen) atoms. The molecule has 1 aliphatic rings. The number of amides is 1. The summed E-state index contributed by atoms with van der Waals surface area (Å²) < 4.78 is 1.29. The number of aryl methyl sites for hydroxylation is 2. The van der Waals surface area contributed by atoms with E-state index in [1.165, 1.54) is 34.0 Å². The lowest BCUT2D eigenvalue weighted by atomic mass is 9.79. The Bertz CT molecular complexity index is 887. The summed E-state index contributed by atoms with van der Waals surface area (Å²) in [6.07, 6.45) is 4.70. The Hall–Kier alpha value is -2.89. The van der Waals surface area contributed by atoms with Gasteiger partial charge in [-0.1, -0.05) is 24.3 Å². The Kier molecular flexibility index (Phi) is 5.21. The normalized spacial score (nSPS) is 17.2. The second kappa shape index (κ2) is 7.56. The predicted octanol–water partition coefficient (Wildman–Crippen LogP) is 2.08. The van der Waals surface area contributed by atoms with E-state index in [9.17, 15) is 19.5 Å². The first-order chi connectivity index (χ1) is 12.5. The fourth-order valence-corrected chi connectivity index (χ4v) is 3.58. The van der Waals surface area contributed by atoms with Crippen LogP contribution >= 0.6 is 0 Å². The number of carbonyl (C=O) groups is 2. The number of rotatable bonds is 5. The van der Waals surface area contributed by atoms with Gasteiger partial charge in [-0.05, 0) is 48.8 Å². The maximum Gasteiger partial charge on any atom is 0.326 e. The van der Waals surface area contributed by atoms with Crippen LogP contribution < -0.4 is 10.9 Å². The van der Waals surface area contributed by atoms with E-state index in [1.807, 2.05) is 18.2 Å². The summed E-state index contributed by atoms with van der Waals surface area (Å²) >= 11 is 0. The summed E-state index contributed by atoms with van der Waals surface area (Å²) in [6, 6.07) is 9.82. The quantitative estimate of drug-likeness (QED) is 0.860. The Balaban J connectivity index is 1.76. The monoisotopic (exact) mass is 354 g/mol. The zero-order valence-corrected chi connectivity index (χ0v) is 14.6. The van der Waals surface area contributed by atoms with Crippen LogP contribution in [0.25, 0.3) is 0 Å². The van der Waals surface area contributed by atoms with Crippen molar-refractivity contribution in [1.29, 1.82) is 0 Å². The largest absolute Gasteiger partial charge is 0.480 e. The van der Waals surface area contributed by atoms with Crippen molar-refractivity contribution in [1.82, 2.24) is 9.88 Å². The first-order valence-corrected chi connectivity index (χ1v) is 8.74. The topological polar surface area (TPSA) is 88.4 Å². The average Bonchev–Trinajstić information content (AvgIpc) is 2.63. The van der Waals surface area contributed by atoms with Gasteiger partial charge in [-0.25, -0.2) is 4.79 Å². The number of nitrogens with zero attached hydrogens (tertiary/aromatic N) is 1. The van der Waals surface area contributed by atoms with Gasteiger partial charge in [0.15, 0.2) is 0 Å². The Morgan fingerprint density at radius 3 is 2.77 bits per heavy atom. The Labute approximate surface area is 151 Å². The molecule has 1 heterocycles. The van der Waals surface area contributed by atoms with Crippen molar-refractivity contribution < 1.29 is 14.7 Å². The first kappa shape index (κ1) is 17.9. The van der Waals surface area contributed by atoms with E-state index < -0.39 is 17.9 Å². The smallest absolute Gasteiger partial charge is 0.326 e. The van der Waals surface area contributed by atoms with Gasteiger partial charge in [0.1, 0.15) is 6.04 Å². The van der Waals surface area contributed by atoms with Crippen LogP contribution in [0.1, 0.15) is 46.7 Å². The minimum Gasteiger partial charge on any atom is -0.480 e. The lowest BCUT2D eigenvalue weighted by molar-refractivity contribution is -0.139. The summed E-state index contributed by atoms with van der Waals surface area (Å²) in [7, 11) is 1.55. The summed E-state index contributed by atoms with van der Waals surface area (Å²) in [4.78, 5) is 35.6. The van der Waals surface area contributed by atoms with Crippen molar-refractivity contribution in [3.05, 3.63) is 69.6 Å². The molecule has 1 aromatic heterocycles. The molecule has 0 radical (unpaired) electrons. The van der Waals surface area contributed by atoms with Gasteiger partial charge in [-0.15, -0.1) is 0 Å². The highest BCUT2D eigenvalue weighted by molar-refractivity contribution is 5.96. The van der Waals surface area contributed by atoms with Crippen LogP contribution in [-0.4, -0.2) is 27.6 Å². The second-order valence-corrected chi connectivity index (χ2v) is 6.75. The van der Waals surface area contributed by atoms with Gasteiger partial charge < -0.3 is 15.0 Å². The molecule has 1 amide bonds. The van der Waals surface area contributed by atoms with Crippen LogP contribution in [0.15, 0.2) is 47.4 Å². The van der Waals surface area contributed by atoms with Crippen LogP contribution in [-0.2, 0) is 18.3 Å². The van der Waals surface area contributed by atoms with Crippen LogP contribution in [0, 0.1) is 0 Å². The number of hydrogen-bond acceptors (Lipinski definition) is 3. The molecular formula is C20H22N2O4. The van der Waals surface area contributed by atoms with Crippen LogP contribution in [0.4, 0.5) is 0 Å². The predicted molar refractivity (Wildman–Crippen MR) is 97.3 cm³/mol. The zero-order chi connectivity index (χ0) is 18.7. The SMILES string of the molecule is Cn1cc(C(=O)NC(CC2CCCc3ccccc32)C(=O)O)ccc1=O. The van der Waals surface area contributed by atoms with Gasteiger partial charge in [0, 0.05) is 19.3 Å². The van der Waals surface area contributed by atoms with Crippen molar-refractivity contribution in [2.24, 2.45) is 7.05 Å². The molecule has 0 spiro atoms. The standard InChI is InChI=1S/C20H22N2O4/c1-22-12-15(9-10-18(22)23)19(24)21-17(20(25)26)11-14-7-4-6-13-5-2-3-8-16(13)14/h2-3,5,8-10,12,14,17H,4,6-7,11H2,1H3,(H,21,24)(H,25,26). The highest BCUT2D eigenvalue weighted by atomic mass is 16.4. The van der Waals surface area contributed by atoms with Crippen LogP contribution in [0.3, 0.4) is 0 Å². The van der Waals surface area contributed by atoms with Gasteiger partial charge in [0.2, 0.25) is 5.56 Å². The van der Waals surface area contributed by atoms with Gasteiger partial charge in [-0.2, -0.15) is 0 Å². The number of fused-ring (bicyclic) bond motifs is 1. The highest BCUT2D eigenvalue weighted by Gasteiger charge is 2.28. The molecule has 0 saturated carbocycles. The molecule has 2 N–H and O–H groups in total. The number of benzene rings is 1. The third kappa shape index (κ3) is 3.85. The number of hydrogen-bond donors (Lipinski definition) is 2. The minimum absolute atomic E-state index is 0.112. The molecule has 0 bridgehead atoms. The maximum absolute atomic E-state index is 12.4. The fourth-order valence-electron chi connectivity index (χ4n) is 3.58. The number of carbonyl (C=O) groups excluding carboxylic acids is 1. The Morgan fingerprint density at radius 1 is 1.27 bits per heavy atom. The highest BCUT2D eigenvalue weighted by Crippen LogP contribution is 2.34. The number of nitrogens with one attached hydrogen (secondary N) is 1. The molecule has 6 nitrogen and oxygen atoms in total. The molecule has 6 heteroatoms. The molecule has 0 aliphatic heterocycles. The lowest BCUT2D eigenvalue weighted by Crippen LogP contribution is -2.42. The molecule has 2 unspecified atom stereocenters. The third-order valence-electron chi connectivity index (χ3n) is 4.97. The third-order valence-corrected chi connectivity index (χ3v) is 4.97. The molecule has 2 aromatic rings. The minimum atomic E-state index is -1.05. The molecule has 1 aliphatic carbocycles. The van der Waals surface area contributed by atoms with E-state index in [4.69, 9.17) is 0 Å². The number of aliphatic carboxylic acids is 1. The van der Waals surface area contributed by atoms with E-state index in [-0.39, 0.29) is 17.0 Å². The van der Waals surface area contributed by atoms with Crippen LogP contribution in [0.5, 0.6) is 0 Å². The molecule has 1 aromatic carbocycles. The summed E-state index contributed by atoms with van der Waals surface area (Å²) in [5, 5.41) is 12.2. The van der Waals surface area contributed by atoms with E-state index in [2.05, 4.69) is 11.4 Å². The van der Waals surface area contributed by atoms with E-state index in [0.29, 0.717) is 6.42 Å². The van der Waals surface area contributed by atoms with Gasteiger partial charge in [0.25, 0.3) is 5.91 Å². The number of carboxylic acids is 1. The fraction of sp³-hybridized carbons (Fsp3) is 0.350. The molecule has 3 rings (SSSR count). The zero-order valence-electron chi connectivity index (χ0n) is 14.6. The molecular weight excluding hydrogens is 332 g/mol. The Morgan fingerprint density at radius 2 is 2.04 bits per heavy atom. The number of carboxylic acid groups (broad SMARTS) is 1. The van der Waals surface area contributed by atoms with Gasteiger partial charge in [-0.3, -0.25) is 9.59 Å². The molecule has 136 valence electrons. The summed E-state index contributed by atoms with van der Waals surface area (Å²) in [6.45, 7) is 0. The maximum atomic E-state index is 12.4. The lowest BCUT2D eigenvalue weighted by Gasteiger charge is -2.28. The average molecular weight is 354 g/mol. The van der Waals surface area contributed by atoms with Crippen molar-refractivity contribution in [3.8, 4) is 0 Å². The van der Waals surface area contributed by atoms with E-state index in [0.717, 1.165) is 19.3 Å². The van der Waals surface area contributed by atoms with Crippen molar-refractivity contribution in [3.63, 3.8) is 0 Å². The van der Waals surface area contributed by atoms with Gasteiger partial charge in [0.05, 0.1) is 5.56 Å². The summed E-state index contributed by atoms with van der Waals surface area (Å²) in [5.41, 5.74) is 2.48. The van der Waals surface area contributed by atoms with Crippen molar-refractivity contribution >= 4 is 11.9 Å². The molecule has 2 atom stereocenters. The molecule has 0 saturated heterocycles. The van der Waals surface area contributed by atoms with Gasteiger partial charge >= 0.3 is 5.97 Å². The second-order valence-electron chi connectivity index (χ2n) is 6.75. The first-order valence-electron chi connectivity index (χ1n) is 8.74. The van der Waals surface area contributed by atoms with E-state index >= 15 is 0 Å². The van der Waals surface area contributed by atoms with Crippen molar-refractivity contribution in [2.75, 3.05) is 0 Å².